The second kappa shape index (κ2) is 4.87. The third kappa shape index (κ3) is 2.69. The van der Waals surface area contributed by atoms with Gasteiger partial charge in [-0.3, -0.25) is 4.79 Å². The number of rotatable bonds is 3. The van der Waals surface area contributed by atoms with Crippen LogP contribution in [0.15, 0.2) is 11.6 Å². The largest absolute Gasteiger partial charge is 0.278 e. The molecule has 11 heavy (non-hydrogen) atoms. The molecule has 2 N–H and O–H groups in total. The normalized spacial score (nSPS) is 11.5. The second-order valence-electron chi connectivity index (χ2n) is 2.06. The molecule has 0 radical (unpaired) electrons. The molecule has 0 aliphatic carbocycles. The molecule has 0 spiro atoms. The summed E-state index contributed by atoms with van der Waals surface area (Å²) >= 11 is 0. The Kier molecular flexibility index (Phi) is 4.49. The lowest BCUT2D eigenvalue weighted by Gasteiger charge is -2.19. The van der Waals surface area contributed by atoms with Gasteiger partial charge in [0.15, 0.2) is 0 Å². The smallest absolute Gasteiger partial charge is 0.267 e. The van der Waals surface area contributed by atoms with E-state index in [2.05, 4.69) is 10.9 Å². The fourth-order valence-electron chi connectivity index (χ4n) is 0.615. The first-order valence-corrected chi connectivity index (χ1v) is 3.49. The van der Waals surface area contributed by atoms with Crippen LogP contribution in [-0.2, 0) is 4.79 Å². The third-order valence-electron chi connectivity index (χ3n) is 1.42. The van der Waals surface area contributed by atoms with Gasteiger partial charge in [-0.25, -0.2) is 16.0 Å². The van der Waals surface area contributed by atoms with E-state index in [1.54, 1.807) is 27.1 Å². The van der Waals surface area contributed by atoms with Gasteiger partial charge in [-0.2, -0.15) is 0 Å². The van der Waals surface area contributed by atoms with Crippen molar-refractivity contribution >= 4 is 5.91 Å². The molecule has 0 heterocycles. The molecule has 0 aliphatic rings. The van der Waals surface area contributed by atoms with Crippen molar-refractivity contribution in [3.63, 3.8) is 0 Å². The number of allylic oxidation sites excluding steroid dienone is 1. The van der Waals surface area contributed by atoms with Crippen molar-refractivity contribution in [2.45, 2.75) is 13.8 Å². The fourth-order valence-corrected chi connectivity index (χ4v) is 0.615. The number of carbonyl (C=O) groups excluding carboxylic acids is 1. The number of hydrogen-bond acceptors (Lipinski definition) is 3. The van der Waals surface area contributed by atoms with Crippen LogP contribution in [-0.4, -0.2) is 25.1 Å². The molecular weight excluding hydrogens is 142 g/mol. The van der Waals surface area contributed by atoms with Crippen molar-refractivity contribution in [1.29, 1.82) is 0 Å². The molecule has 0 unspecified atom stereocenters. The van der Waals surface area contributed by atoms with E-state index in [1.807, 2.05) is 6.92 Å². The molecule has 0 aromatic heterocycles. The van der Waals surface area contributed by atoms with E-state index in [9.17, 15) is 4.79 Å². The molecule has 0 fully saturated rings. The minimum absolute atomic E-state index is 0.0718. The topological polar surface area (TPSA) is 44.4 Å². The van der Waals surface area contributed by atoms with Crippen molar-refractivity contribution < 1.29 is 4.79 Å². The Bertz CT molecular complexity index is 161. The molecule has 0 aromatic carbocycles. The molecule has 4 nitrogen and oxygen atoms in total. The minimum Gasteiger partial charge on any atom is -0.267 e. The second-order valence-corrected chi connectivity index (χ2v) is 2.06. The predicted octanol–water partition coefficient (Wildman–Crippen LogP) is 0.0500. The van der Waals surface area contributed by atoms with Crippen LogP contribution in [0.3, 0.4) is 0 Å². The number of amides is 1. The van der Waals surface area contributed by atoms with Crippen molar-refractivity contribution in [3.8, 4) is 0 Å². The Morgan fingerprint density at radius 2 is 1.82 bits per heavy atom. The van der Waals surface area contributed by atoms with Gasteiger partial charge in [0.1, 0.15) is 0 Å². The molecule has 0 atom stereocenters. The minimum atomic E-state index is -0.0718. The highest BCUT2D eigenvalue weighted by Gasteiger charge is 2.09. The number of nitrogens with zero attached hydrogens (tertiary/aromatic N) is 1. The van der Waals surface area contributed by atoms with Gasteiger partial charge < -0.3 is 0 Å². The van der Waals surface area contributed by atoms with E-state index in [1.165, 1.54) is 5.12 Å². The van der Waals surface area contributed by atoms with Crippen LogP contribution < -0.4 is 10.9 Å². The lowest BCUT2D eigenvalue weighted by molar-refractivity contribution is -0.132. The maximum Gasteiger partial charge on any atom is 0.278 e. The zero-order valence-electron chi connectivity index (χ0n) is 7.43. The van der Waals surface area contributed by atoms with Crippen molar-refractivity contribution in [2.24, 2.45) is 0 Å². The summed E-state index contributed by atoms with van der Waals surface area (Å²) in [5, 5.41) is 1.31. The quantitative estimate of drug-likeness (QED) is 0.449. The average molecular weight is 157 g/mol. The number of hydrazine groups is 2. The Labute approximate surface area is 67.2 Å². The monoisotopic (exact) mass is 157 g/mol. The summed E-state index contributed by atoms with van der Waals surface area (Å²) < 4.78 is 0. The van der Waals surface area contributed by atoms with Crippen LogP contribution >= 0.6 is 0 Å². The van der Waals surface area contributed by atoms with Gasteiger partial charge in [0.25, 0.3) is 5.91 Å². The zero-order valence-corrected chi connectivity index (χ0v) is 7.43. The van der Waals surface area contributed by atoms with Crippen molar-refractivity contribution in [2.75, 3.05) is 14.1 Å². The Hall–Kier alpha value is -0.870. The molecule has 0 aliphatic heterocycles. The number of carbonyl (C=O) groups is 1. The van der Waals surface area contributed by atoms with Gasteiger partial charge in [-0.05, 0) is 13.8 Å². The van der Waals surface area contributed by atoms with Crippen molar-refractivity contribution in [1.82, 2.24) is 16.0 Å². The number of nitrogens with one attached hydrogen (secondary N) is 2. The molecule has 4 heteroatoms. The van der Waals surface area contributed by atoms with E-state index < -0.39 is 0 Å². The van der Waals surface area contributed by atoms with E-state index in [4.69, 9.17) is 0 Å². The molecule has 0 rings (SSSR count). The highest BCUT2D eigenvalue weighted by Crippen LogP contribution is 1.94. The van der Waals surface area contributed by atoms with Gasteiger partial charge >= 0.3 is 0 Å². The molecule has 0 aromatic rings. The highest BCUT2D eigenvalue weighted by molar-refractivity contribution is 5.91. The SMILES string of the molecule is CC=C(C)C(=O)N(NC)NC. The average Bonchev–Trinajstić information content (AvgIpc) is 2.05. The fraction of sp³-hybridized carbons (Fsp3) is 0.571. The maximum atomic E-state index is 11.3. The summed E-state index contributed by atoms with van der Waals surface area (Å²) in [5.74, 6) is -0.0718. The molecule has 0 saturated carbocycles. The van der Waals surface area contributed by atoms with Gasteiger partial charge in [-0.1, -0.05) is 6.08 Å². The molecular formula is C7H15N3O. The summed E-state index contributed by atoms with van der Waals surface area (Å²) in [4.78, 5) is 11.3. The van der Waals surface area contributed by atoms with Gasteiger partial charge in [-0.15, -0.1) is 0 Å². The van der Waals surface area contributed by atoms with Crippen LogP contribution in [0.25, 0.3) is 0 Å². The standard InChI is InChI=1S/C7H15N3O/c1-5-6(2)7(11)10(8-3)9-4/h5,8-9H,1-4H3. The molecule has 0 saturated heterocycles. The summed E-state index contributed by atoms with van der Waals surface area (Å²) in [6.45, 7) is 3.60. The van der Waals surface area contributed by atoms with Gasteiger partial charge in [0.05, 0.1) is 0 Å². The van der Waals surface area contributed by atoms with Crippen LogP contribution in [0.5, 0.6) is 0 Å². The molecule has 1 amide bonds. The highest BCUT2D eigenvalue weighted by atomic mass is 16.2. The predicted molar refractivity (Wildman–Crippen MR) is 44.4 cm³/mol. The van der Waals surface area contributed by atoms with Gasteiger partial charge in [0, 0.05) is 19.7 Å². The van der Waals surface area contributed by atoms with Crippen LogP contribution in [0.2, 0.25) is 0 Å². The Morgan fingerprint density at radius 1 is 1.36 bits per heavy atom. The van der Waals surface area contributed by atoms with Crippen LogP contribution in [0.4, 0.5) is 0 Å². The first-order valence-electron chi connectivity index (χ1n) is 3.49. The first kappa shape index (κ1) is 10.1. The Morgan fingerprint density at radius 3 is 2.09 bits per heavy atom. The Balaban J connectivity index is 4.21. The summed E-state index contributed by atoms with van der Waals surface area (Å²) in [7, 11) is 3.36. The summed E-state index contributed by atoms with van der Waals surface area (Å²) in [5.41, 5.74) is 6.10. The van der Waals surface area contributed by atoms with E-state index in [0.29, 0.717) is 5.57 Å². The third-order valence-corrected chi connectivity index (χ3v) is 1.42. The van der Waals surface area contributed by atoms with Crippen LogP contribution in [0.1, 0.15) is 13.8 Å². The molecule has 64 valence electrons. The first-order chi connectivity index (χ1) is 5.17. The molecule has 0 bridgehead atoms. The van der Waals surface area contributed by atoms with Gasteiger partial charge in [0.2, 0.25) is 0 Å². The summed E-state index contributed by atoms with van der Waals surface area (Å²) in [6, 6.07) is 0. The summed E-state index contributed by atoms with van der Waals surface area (Å²) in [6.07, 6.45) is 1.77. The lowest BCUT2D eigenvalue weighted by atomic mass is 10.3. The maximum absolute atomic E-state index is 11.3. The lowest BCUT2D eigenvalue weighted by Crippen LogP contribution is -2.48. The van der Waals surface area contributed by atoms with E-state index >= 15 is 0 Å². The van der Waals surface area contributed by atoms with E-state index in [-0.39, 0.29) is 5.91 Å². The van der Waals surface area contributed by atoms with E-state index in [0.717, 1.165) is 0 Å². The van der Waals surface area contributed by atoms with Crippen molar-refractivity contribution in [3.05, 3.63) is 11.6 Å². The number of hydrogen-bond donors (Lipinski definition) is 2. The van der Waals surface area contributed by atoms with Crippen LogP contribution in [0, 0.1) is 0 Å². The zero-order chi connectivity index (χ0) is 8.85.